The minimum absolute atomic E-state index is 0.0913. The first-order valence-electron chi connectivity index (χ1n) is 5.79. The maximum absolute atomic E-state index is 12.0. The third-order valence-corrected chi connectivity index (χ3v) is 3.31. The molecule has 0 aromatic carbocycles. The van der Waals surface area contributed by atoms with Crippen LogP contribution in [0.2, 0.25) is 0 Å². The van der Waals surface area contributed by atoms with E-state index in [2.05, 4.69) is 31.2 Å². The highest BCUT2D eigenvalue weighted by molar-refractivity contribution is 9.10. The molecule has 7 heteroatoms. The summed E-state index contributed by atoms with van der Waals surface area (Å²) in [6.45, 7) is 1.28. The number of carbonyl (C=O) groups is 1. The molecule has 2 aromatic heterocycles. The summed E-state index contributed by atoms with van der Waals surface area (Å²) in [5.41, 5.74) is 0. The fraction of sp³-hybridized carbons (Fsp3) is 0.250. The van der Waals surface area contributed by atoms with Crippen LogP contribution in [0.4, 0.5) is 5.82 Å². The summed E-state index contributed by atoms with van der Waals surface area (Å²) in [5, 5.41) is 3.23. The Hall–Kier alpha value is -1.89. The van der Waals surface area contributed by atoms with Crippen molar-refractivity contribution >= 4 is 27.7 Å². The summed E-state index contributed by atoms with van der Waals surface area (Å²) in [4.78, 5) is 21.7. The molecule has 0 unspecified atom stereocenters. The van der Waals surface area contributed by atoms with E-state index in [0.29, 0.717) is 23.5 Å². The van der Waals surface area contributed by atoms with Gasteiger partial charge in [-0.25, -0.2) is 9.97 Å². The second kappa shape index (κ2) is 5.00. The van der Waals surface area contributed by atoms with Gasteiger partial charge in [0.2, 0.25) is 0 Å². The molecule has 3 rings (SSSR count). The molecular weight excluding hydrogens is 312 g/mol. The van der Waals surface area contributed by atoms with E-state index in [1.54, 1.807) is 29.3 Å². The lowest BCUT2D eigenvalue weighted by Crippen LogP contribution is -2.57. The van der Waals surface area contributed by atoms with Crippen LogP contribution in [0.1, 0.15) is 10.6 Å². The predicted octanol–water partition coefficient (Wildman–Crippen LogP) is 1.77. The maximum Gasteiger partial charge on any atom is 0.289 e. The maximum atomic E-state index is 12.0. The van der Waals surface area contributed by atoms with Crippen LogP contribution in [0.3, 0.4) is 0 Å². The lowest BCUT2D eigenvalue weighted by atomic mass is 10.1. The first kappa shape index (κ1) is 12.2. The van der Waals surface area contributed by atoms with Crippen LogP contribution < -0.4 is 5.32 Å². The number of furan rings is 1. The number of amides is 1. The predicted molar refractivity (Wildman–Crippen MR) is 71.8 cm³/mol. The van der Waals surface area contributed by atoms with Crippen molar-refractivity contribution in [1.29, 1.82) is 0 Å². The summed E-state index contributed by atoms with van der Waals surface area (Å²) in [6, 6.07) is 5.40. The van der Waals surface area contributed by atoms with Gasteiger partial charge in [-0.1, -0.05) is 0 Å². The molecule has 0 radical (unpaired) electrons. The normalized spacial score (nSPS) is 15.1. The molecule has 1 N–H and O–H groups in total. The highest BCUT2D eigenvalue weighted by Crippen LogP contribution is 2.20. The Labute approximate surface area is 118 Å². The molecule has 0 spiro atoms. The summed E-state index contributed by atoms with van der Waals surface area (Å²) < 4.78 is 5.80. The first-order chi connectivity index (χ1) is 9.22. The van der Waals surface area contributed by atoms with Crippen molar-refractivity contribution in [3.05, 3.63) is 41.2 Å². The van der Waals surface area contributed by atoms with Crippen molar-refractivity contribution in [2.24, 2.45) is 0 Å². The molecule has 0 aliphatic carbocycles. The Morgan fingerprint density at radius 1 is 1.42 bits per heavy atom. The van der Waals surface area contributed by atoms with Crippen molar-refractivity contribution in [3.8, 4) is 0 Å². The average molecular weight is 323 g/mol. The zero-order valence-electron chi connectivity index (χ0n) is 9.91. The Morgan fingerprint density at radius 2 is 2.26 bits per heavy atom. The Morgan fingerprint density at radius 3 is 2.89 bits per heavy atom. The molecule has 1 fully saturated rings. The molecule has 1 aliphatic rings. The Balaban J connectivity index is 1.54. The van der Waals surface area contributed by atoms with Crippen LogP contribution >= 0.6 is 15.9 Å². The van der Waals surface area contributed by atoms with Crippen molar-refractivity contribution in [1.82, 2.24) is 14.9 Å². The van der Waals surface area contributed by atoms with Crippen LogP contribution in [0, 0.1) is 0 Å². The number of nitrogens with zero attached hydrogens (tertiary/aromatic N) is 3. The van der Waals surface area contributed by atoms with E-state index in [-0.39, 0.29) is 11.9 Å². The minimum atomic E-state index is -0.0913. The number of rotatable bonds is 3. The van der Waals surface area contributed by atoms with Gasteiger partial charge in [-0.3, -0.25) is 4.79 Å². The van der Waals surface area contributed by atoms with Gasteiger partial charge in [0.25, 0.3) is 5.91 Å². The van der Waals surface area contributed by atoms with Crippen LogP contribution in [-0.2, 0) is 0 Å². The second-order valence-corrected chi connectivity index (χ2v) is 5.03. The number of aromatic nitrogens is 2. The van der Waals surface area contributed by atoms with Crippen LogP contribution in [-0.4, -0.2) is 39.9 Å². The van der Waals surface area contributed by atoms with Gasteiger partial charge in [0.15, 0.2) is 10.4 Å². The molecule has 1 amide bonds. The number of likely N-dealkylation sites (tertiary alicyclic amines) is 1. The molecule has 2 aromatic rings. The molecule has 0 bridgehead atoms. The lowest BCUT2D eigenvalue weighted by molar-refractivity contribution is 0.0590. The topological polar surface area (TPSA) is 71.3 Å². The lowest BCUT2D eigenvalue weighted by Gasteiger charge is -2.39. The highest BCUT2D eigenvalue weighted by Gasteiger charge is 2.32. The largest absolute Gasteiger partial charge is 0.444 e. The SMILES string of the molecule is O=C(c1ccc(Br)o1)N1CC(Nc2ccncn2)C1. The van der Waals surface area contributed by atoms with E-state index < -0.39 is 0 Å². The van der Waals surface area contributed by atoms with Crippen LogP contribution in [0.5, 0.6) is 0 Å². The molecule has 6 nitrogen and oxygen atoms in total. The number of carbonyl (C=O) groups excluding carboxylic acids is 1. The van der Waals surface area contributed by atoms with Gasteiger partial charge in [0.1, 0.15) is 12.1 Å². The van der Waals surface area contributed by atoms with E-state index in [0.717, 1.165) is 5.82 Å². The van der Waals surface area contributed by atoms with Crippen molar-refractivity contribution in [2.75, 3.05) is 18.4 Å². The standard InChI is InChI=1S/C12H11BrN4O2/c13-10-2-1-9(19-10)12(18)17-5-8(6-17)16-11-3-4-14-7-15-11/h1-4,7-8H,5-6H2,(H,14,15,16). The van der Waals surface area contributed by atoms with E-state index in [9.17, 15) is 4.79 Å². The fourth-order valence-corrected chi connectivity index (χ4v) is 2.21. The Bertz CT molecular complexity index is 580. The third-order valence-electron chi connectivity index (χ3n) is 2.89. The van der Waals surface area contributed by atoms with Crippen molar-refractivity contribution in [2.45, 2.75) is 6.04 Å². The smallest absolute Gasteiger partial charge is 0.289 e. The van der Waals surface area contributed by atoms with E-state index in [4.69, 9.17) is 4.42 Å². The van der Waals surface area contributed by atoms with Gasteiger partial charge >= 0.3 is 0 Å². The average Bonchev–Trinajstić information content (AvgIpc) is 2.80. The van der Waals surface area contributed by atoms with Crippen molar-refractivity contribution in [3.63, 3.8) is 0 Å². The van der Waals surface area contributed by atoms with Crippen molar-refractivity contribution < 1.29 is 9.21 Å². The molecule has 0 atom stereocenters. The minimum Gasteiger partial charge on any atom is -0.444 e. The summed E-state index contributed by atoms with van der Waals surface area (Å²) in [6.07, 6.45) is 3.17. The molecule has 3 heterocycles. The molecule has 98 valence electrons. The summed E-state index contributed by atoms with van der Waals surface area (Å²) in [7, 11) is 0. The summed E-state index contributed by atoms with van der Waals surface area (Å²) in [5.74, 6) is 1.03. The number of halogens is 1. The number of hydrogen-bond donors (Lipinski definition) is 1. The van der Waals surface area contributed by atoms with E-state index >= 15 is 0 Å². The Kier molecular flexibility index (Phi) is 3.20. The molecule has 0 saturated carbocycles. The first-order valence-corrected chi connectivity index (χ1v) is 6.59. The quantitative estimate of drug-likeness (QED) is 0.932. The molecule has 1 aliphatic heterocycles. The number of hydrogen-bond acceptors (Lipinski definition) is 5. The van der Waals surface area contributed by atoms with E-state index in [1.807, 2.05) is 0 Å². The number of nitrogens with one attached hydrogen (secondary N) is 1. The van der Waals surface area contributed by atoms with Gasteiger partial charge in [-0.15, -0.1) is 0 Å². The molecular formula is C12H11BrN4O2. The number of anilines is 1. The zero-order chi connectivity index (χ0) is 13.2. The molecule has 19 heavy (non-hydrogen) atoms. The third kappa shape index (κ3) is 2.60. The van der Waals surface area contributed by atoms with E-state index in [1.165, 1.54) is 6.33 Å². The summed E-state index contributed by atoms with van der Waals surface area (Å²) >= 11 is 3.18. The highest BCUT2D eigenvalue weighted by atomic mass is 79.9. The van der Waals surface area contributed by atoms with Crippen LogP contribution in [0.15, 0.2) is 39.8 Å². The van der Waals surface area contributed by atoms with Gasteiger partial charge in [0, 0.05) is 19.3 Å². The monoisotopic (exact) mass is 322 g/mol. The van der Waals surface area contributed by atoms with Gasteiger partial charge < -0.3 is 14.6 Å². The van der Waals surface area contributed by atoms with Crippen LogP contribution in [0.25, 0.3) is 0 Å². The molecule has 1 saturated heterocycles. The van der Waals surface area contributed by atoms with Gasteiger partial charge in [0.05, 0.1) is 6.04 Å². The second-order valence-electron chi connectivity index (χ2n) is 4.25. The van der Waals surface area contributed by atoms with Gasteiger partial charge in [-0.2, -0.15) is 0 Å². The fourth-order valence-electron chi connectivity index (χ4n) is 1.91. The zero-order valence-corrected chi connectivity index (χ0v) is 11.5. The van der Waals surface area contributed by atoms with Gasteiger partial charge in [-0.05, 0) is 34.1 Å².